The smallest absolute Gasteiger partial charge is 0.166 e. The zero-order chi connectivity index (χ0) is 15.4. The largest absolute Gasteiger partial charge is 0.493 e. The molecule has 0 aliphatic carbocycles. The van der Waals surface area contributed by atoms with Crippen molar-refractivity contribution in [1.82, 2.24) is 9.80 Å². The molecule has 0 spiro atoms. The predicted octanol–water partition coefficient (Wildman–Crippen LogP) is 1.63. The molecule has 1 aliphatic heterocycles. The second-order valence-corrected chi connectivity index (χ2v) is 5.57. The predicted molar refractivity (Wildman–Crippen MR) is 87.9 cm³/mol. The van der Waals surface area contributed by atoms with E-state index in [1.165, 1.54) is 5.56 Å². The molecule has 0 amide bonds. The first-order valence-electron chi connectivity index (χ1n) is 7.07. The third kappa shape index (κ3) is 3.57. The summed E-state index contributed by atoms with van der Waals surface area (Å²) >= 11 is 5.03. The highest BCUT2D eigenvalue weighted by atomic mass is 32.1. The van der Waals surface area contributed by atoms with Crippen LogP contribution >= 0.6 is 12.2 Å². The molecule has 116 valence electrons. The summed E-state index contributed by atoms with van der Waals surface area (Å²) in [5.41, 5.74) is 6.90. The van der Waals surface area contributed by atoms with Gasteiger partial charge in [-0.2, -0.15) is 0 Å². The first-order valence-corrected chi connectivity index (χ1v) is 7.48. The van der Waals surface area contributed by atoms with Crippen molar-refractivity contribution in [2.24, 2.45) is 5.73 Å². The Labute approximate surface area is 131 Å². The molecule has 1 atom stereocenters. The van der Waals surface area contributed by atoms with Crippen molar-refractivity contribution in [2.45, 2.75) is 13.0 Å². The molecule has 6 heteroatoms. The fraction of sp³-hybridized carbons (Fsp3) is 0.533. The number of hydrogen-bond donors (Lipinski definition) is 1. The van der Waals surface area contributed by atoms with Gasteiger partial charge in [-0.3, -0.25) is 4.90 Å². The van der Waals surface area contributed by atoms with E-state index in [2.05, 4.69) is 17.9 Å². The van der Waals surface area contributed by atoms with Crippen molar-refractivity contribution < 1.29 is 9.47 Å². The molecule has 1 aromatic rings. The fourth-order valence-corrected chi connectivity index (χ4v) is 2.84. The van der Waals surface area contributed by atoms with Crippen molar-refractivity contribution in [1.29, 1.82) is 0 Å². The number of nitrogens with zero attached hydrogens (tertiary/aromatic N) is 2. The van der Waals surface area contributed by atoms with Crippen molar-refractivity contribution in [2.75, 3.05) is 40.4 Å². The highest BCUT2D eigenvalue weighted by Gasteiger charge is 2.23. The molecule has 0 radical (unpaired) electrons. The standard InChI is InChI=1S/C15H23N3O2S/c1-11(17-6-8-18(9-7-17)15(16)21)12-4-5-13(19-2)14(10-12)20-3/h4-5,10-11H,6-9H2,1-3H3,(H2,16,21). The SMILES string of the molecule is COc1ccc(C(C)N2CCN(C(N)=S)CC2)cc1OC. The molecule has 2 rings (SSSR count). The monoisotopic (exact) mass is 309 g/mol. The van der Waals surface area contributed by atoms with Gasteiger partial charge in [0.15, 0.2) is 16.6 Å². The van der Waals surface area contributed by atoms with Crippen LogP contribution in [0.5, 0.6) is 11.5 Å². The third-order valence-corrected chi connectivity index (χ3v) is 4.32. The van der Waals surface area contributed by atoms with Crippen molar-refractivity contribution in [3.8, 4) is 11.5 Å². The molecule has 1 fully saturated rings. The molecule has 1 unspecified atom stereocenters. The lowest BCUT2D eigenvalue weighted by Crippen LogP contribution is -2.50. The molecular formula is C15H23N3O2S. The van der Waals surface area contributed by atoms with Crippen molar-refractivity contribution in [3.05, 3.63) is 23.8 Å². The highest BCUT2D eigenvalue weighted by Crippen LogP contribution is 2.32. The molecule has 1 heterocycles. The Morgan fingerprint density at radius 2 is 1.76 bits per heavy atom. The minimum atomic E-state index is 0.318. The average Bonchev–Trinajstić information content (AvgIpc) is 2.53. The second-order valence-electron chi connectivity index (χ2n) is 5.15. The quantitative estimate of drug-likeness (QED) is 0.853. The van der Waals surface area contributed by atoms with Crippen molar-refractivity contribution >= 4 is 17.3 Å². The first-order chi connectivity index (χ1) is 10.1. The van der Waals surface area contributed by atoms with Crippen LogP contribution in [-0.2, 0) is 0 Å². The third-order valence-electron chi connectivity index (χ3n) is 4.06. The molecule has 2 N–H and O–H groups in total. The number of rotatable bonds is 4. The molecule has 5 nitrogen and oxygen atoms in total. The lowest BCUT2D eigenvalue weighted by atomic mass is 10.1. The summed E-state index contributed by atoms with van der Waals surface area (Å²) in [5.74, 6) is 1.52. The number of hydrogen-bond acceptors (Lipinski definition) is 4. The zero-order valence-electron chi connectivity index (χ0n) is 12.8. The van der Waals surface area contributed by atoms with Gasteiger partial charge in [-0.1, -0.05) is 6.07 Å². The Kier molecular flexibility index (Phi) is 5.25. The lowest BCUT2D eigenvalue weighted by molar-refractivity contribution is 0.141. The number of ether oxygens (including phenoxy) is 2. The zero-order valence-corrected chi connectivity index (χ0v) is 13.7. The minimum Gasteiger partial charge on any atom is -0.493 e. The van der Waals surface area contributed by atoms with Gasteiger partial charge in [0.1, 0.15) is 0 Å². The summed E-state index contributed by atoms with van der Waals surface area (Å²) < 4.78 is 10.7. The maximum absolute atomic E-state index is 5.68. The Morgan fingerprint density at radius 3 is 2.29 bits per heavy atom. The van der Waals surface area contributed by atoms with E-state index in [0.29, 0.717) is 11.2 Å². The van der Waals surface area contributed by atoms with Gasteiger partial charge in [0.25, 0.3) is 0 Å². The van der Waals surface area contributed by atoms with Gasteiger partial charge in [-0.25, -0.2) is 0 Å². The number of benzene rings is 1. The fourth-order valence-electron chi connectivity index (χ4n) is 2.65. The Morgan fingerprint density at radius 1 is 1.14 bits per heavy atom. The van der Waals surface area contributed by atoms with Crippen LogP contribution in [0.3, 0.4) is 0 Å². The van der Waals surface area contributed by atoms with Crippen LogP contribution in [0.2, 0.25) is 0 Å². The van der Waals surface area contributed by atoms with Crippen molar-refractivity contribution in [3.63, 3.8) is 0 Å². The number of methoxy groups -OCH3 is 2. The maximum Gasteiger partial charge on any atom is 0.166 e. The van der Waals surface area contributed by atoms with E-state index >= 15 is 0 Å². The molecule has 1 aromatic carbocycles. The van der Waals surface area contributed by atoms with Crippen LogP contribution in [0, 0.1) is 0 Å². The van der Waals surface area contributed by atoms with Gasteiger partial charge >= 0.3 is 0 Å². The van der Waals surface area contributed by atoms with Crippen LogP contribution in [0.1, 0.15) is 18.5 Å². The molecule has 1 aliphatic rings. The summed E-state index contributed by atoms with van der Waals surface area (Å²) in [6.45, 7) is 5.87. The van der Waals surface area contributed by atoms with E-state index in [4.69, 9.17) is 27.4 Å². The Balaban J connectivity index is 2.07. The number of nitrogens with two attached hydrogens (primary N) is 1. The van der Waals surface area contributed by atoms with Crippen LogP contribution in [0.15, 0.2) is 18.2 Å². The average molecular weight is 309 g/mol. The van der Waals surface area contributed by atoms with Crippen LogP contribution in [0.4, 0.5) is 0 Å². The molecule has 0 saturated carbocycles. The van der Waals surface area contributed by atoms with Gasteiger partial charge in [0.05, 0.1) is 14.2 Å². The molecule has 21 heavy (non-hydrogen) atoms. The summed E-state index contributed by atoms with van der Waals surface area (Å²) in [6, 6.07) is 6.41. The normalized spacial score (nSPS) is 17.4. The topological polar surface area (TPSA) is 51.0 Å². The second kappa shape index (κ2) is 6.95. The number of piperazine rings is 1. The summed E-state index contributed by atoms with van der Waals surface area (Å²) in [5, 5.41) is 0.494. The van der Waals surface area contributed by atoms with Gasteiger partial charge in [0, 0.05) is 32.2 Å². The highest BCUT2D eigenvalue weighted by molar-refractivity contribution is 7.80. The van der Waals surface area contributed by atoms with E-state index in [1.54, 1.807) is 14.2 Å². The Hall–Kier alpha value is -1.53. The Bertz CT molecular complexity index is 502. The lowest BCUT2D eigenvalue weighted by Gasteiger charge is -2.38. The summed E-state index contributed by atoms with van der Waals surface area (Å²) in [4.78, 5) is 4.48. The summed E-state index contributed by atoms with van der Waals surface area (Å²) in [7, 11) is 3.31. The van der Waals surface area contributed by atoms with Gasteiger partial charge in [0.2, 0.25) is 0 Å². The molecule has 0 bridgehead atoms. The van der Waals surface area contributed by atoms with Gasteiger partial charge in [-0.15, -0.1) is 0 Å². The van der Waals surface area contributed by atoms with Crippen LogP contribution in [-0.4, -0.2) is 55.3 Å². The van der Waals surface area contributed by atoms with E-state index < -0.39 is 0 Å². The van der Waals surface area contributed by atoms with E-state index in [0.717, 1.165) is 37.7 Å². The number of thiocarbonyl (C=S) groups is 1. The maximum atomic E-state index is 5.68. The first kappa shape index (κ1) is 15.9. The summed E-state index contributed by atoms with van der Waals surface area (Å²) in [6.07, 6.45) is 0. The van der Waals surface area contributed by atoms with Crippen LogP contribution in [0.25, 0.3) is 0 Å². The molecule has 0 aromatic heterocycles. The van der Waals surface area contributed by atoms with E-state index in [1.807, 2.05) is 17.0 Å². The van der Waals surface area contributed by atoms with Gasteiger partial charge < -0.3 is 20.1 Å². The minimum absolute atomic E-state index is 0.318. The van der Waals surface area contributed by atoms with E-state index in [-0.39, 0.29) is 0 Å². The van der Waals surface area contributed by atoms with Gasteiger partial charge in [-0.05, 0) is 36.8 Å². The molecule has 1 saturated heterocycles. The molecular weight excluding hydrogens is 286 g/mol. The van der Waals surface area contributed by atoms with E-state index in [9.17, 15) is 0 Å². The van der Waals surface area contributed by atoms with Crippen LogP contribution < -0.4 is 15.2 Å².